The number of nitrogens with zero attached hydrogens (tertiary/aromatic N) is 2. The third kappa shape index (κ3) is 8.86. The number of benzene rings is 3. The van der Waals surface area contributed by atoms with E-state index in [1.54, 1.807) is 31.4 Å². The third-order valence-corrected chi connectivity index (χ3v) is 7.76. The van der Waals surface area contributed by atoms with E-state index in [-0.39, 0.29) is 35.3 Å². The van der Waals surface area contributed by atoms with Crippen molar-refractivity contribution in [2.24, 2.45) is 0 Å². The Balaban J connectivity index is 2.10. The van der Waals surface area contributed by atoms with E-state index < -0.39 is 28.5 Å². The molecule has 11 heteroatoms. The molecule has 0 radical (unpaired) electrons. The minimum Gasteiger partial charge on any atom is -0.497 e. The van der Waals surface area contributed by atoms with Gasteiger partial charge in [0.2, 0.25) is 21.8 Å². The Morgan fingerprint density at radius 3 is 2.29 bits per heavy atom. The lowest BCUT2D eigenvalue weighted by atomic mass is 10.0. The number of ether oxygens (including phenoxy) is 2. The van der Waals surface area contributed by atoms with Gasteiger partial charge in [0.1, 0.15) is 24.1 Å². The zero-order valence-electron chi connectivity index (χ0n) is 23.7. The van der Waals surface area contributed by atoms with Gasteiger partial charge in [-0.05, 0) is 47.9 Å². The van der Waals surface area contributed by atoms with Gasteiger partial charge in [-0.25, -0.2) is 8.42 Å². The van der Waals surface area contributed by atoms with Crippen LogP contribution in [0.25, 0.3) is 0 Å². The minimum atomic E-state index is -3.97. The van der Waals surface area contributed by atoms with Crippen LogP contribution in [0.1, 0.15) is 24.5 Å². The quantitative estimate of drug-likeness (QED) is 0.296. The lowest BCUT2D eigenvalue weighted by molar-refractivity contribution is -0.140. The summed E-state index contributed by atoms with van der Waals surface area (Å²) in [4.78, 5) is 29.1. The van der Waals surface area contributed by atoms with Gasteiger partial charge in [0.25, 0.3) is 0 Å². The molecule has 0 aliphatic carbocycles. The Hall–Kier alpha value is -3.76. The molecule has 9 nitrogen and oxygen atoms in total. The molecule has 0 saturated heterocycles. The number of anilines is 1. The van der Waals surface area contributed by atoms with Gasteiger partial charge in [-0.2, -0.15) is 0 Å². The van der Waals surface area contributed by atoms with Gasteiger partial charge in [0.05, 0.1) is 26.2 Å². The summed E-state index contributed by atoms with van der Waals surface area (Å²) in [5, 5.41) is 3.18. The highest BCUT2D eigenvalue weighted by atomic mass is 35.5. The van der Waals surface area contributed by atoms with Crippen LogP contribution in [0.4, 0.5) is 5.69 Å². The smallest absolute Gasteiger partial charge is 0.244 e. The van der Waals surface area contributed by atoms with Crippen molar-refractivity contribution < 1.29 is 27.5 Å². The maximum Gasteiger partial charge on any atom is 0.244 e. The summed E-state index contributed by atoms with van der Waals surface area (Å²) in [6.45, 7) is 1.83. The molecule has 0 saturated carbocycles. The number of carbonyl (C=O) groups excluding carboxylic acids is 2. The van der Waals surface area contributed by atoms with Crippen LogP contribution in [-0.4, -0.2) is 64.7 Å². The number of nitrogens with one attached hydrogen (secondary N) is 1. The SMILES string of the molecule is CCCNC(=O)C(Cc1ccccc1)N(Cc1cccc(OC)c1)C(=O)CN(c1cc(Cl)ccc1OC)S(C)(=O)=O. The van der Waals surface area contributed by atoms with Gasteiger partial charge in [0, 0.05) is 24.5 Å². The van der Waals surface area contributed by atoms with Crippen molar-refractivity contribution in [2.45, 2.75) is 32.4 Å². The van der Waals surface area contributed by atoms with E-state index in [1.165, 1.54) is 24.1 Å². The van der Waals surface area contributed by atoms with Gasteiger partial charge >= 0.3 is 0 Å². The van der Waals surface area contributed by atoms with Crippen molar-refractivity contribution in [2.75, 3.05) is 37.9 Å². The van der Waals surface area contributed by atoms with Crippen molar-refractivity contribution >= 4 is 39.1 Å². The largest absolute Gasteiger partial charge is 0.497 e. The molecule has 3 aromatic carbocycles. The zero-order valence-corrected chi connectivity index (χ0v) is 25.2. The van der Waals surface area contributed by atoms with Crippen molar-refractivity contribution in [1.82, 2.24) is 10.2 Å². The first-order valence-electron chi connectivity index (χ1n) is 13.1. The maximum absolute atomic E-state index is 14.2. The molecule has 1 N–H and O–H groups in total. The van der Waals surface area contributed by atoms with E-state index >= 15 is 0 Å². The zero-order chi connectivity index (χ0) is 30.0. The van der Waals surface area contributed by atoms with Crippen LogP contribution in [0.5, 0.6) is 11.5 Å². The number of hydrogen-bond donors (Lipinski definition) is 1. The Bertz CT molecular complexity index is 1440. The fourth-order valence-electron chi connectivity index (χ4n) is 4.34. The van der Waals surface area contributed by atoms with Gasteiger partial charge in [-0.3, -0.25) is 13.9 Å². The Morgan fingerprint density at radius 2 is 1.66 bits per heavy atom. The standard InChI is InChI=1S/C30H36ClN3O6S/c1-5-16-32-30(36)27(18-22-10-7-6-8-11-22)33(20-23-12-9-13-25(17-23)39-2)29(35)21-34(41(4,37)38)26-19-24(31)14-15-28(26)40-3/h6-15,17,19,27H,5,16,18,20-21H2,1-4H3,(H,32,36). The van der Waals surface area contributed by atoms with E-state index in [1.807, 2.05) is 43.3 Å². The summed E-state index contributed by atoms with van der Waals surface area (Å²) in [5.41, 5.74) is 1.68. The Kier molecular flexibility index (Phi) is 11.4. The second-order valence-corrected chi connectivity index (χ2v) is 11.8. The minimum absolute atomic E-state index is 0.0390. The van der Waals surface area contributed by atoms with E-state index in [0.717, 1.165) is 16.1 Å². The highest BCUT2D eigenvalue weighted by molar-refractivity contribution is 7.92. The highest BCUT2D eigenvalue weighted by Crippen LogP contribution is 2.33. The van der Waals surface area contributed by atoms with Crippen LogP contribution in [0.3, 0.4) is 0 Å². The predicted molar refractivity (Wildman–Crippen MR) is 161 cm³/mol. The van der Waals surface area contributed by atoms with E-state index in [4.69, 9.17) is 21.1 Å². The van der Waals surface area contributed by atoms with Crippen LogP contribution >= 0.6 is 11.6 Å². The summed E-state index contributed by atoms with van der Waals surface area (Å²) in [7, 11) is -1.03. The molecule has 0 aliphatic rings. The number of halogens is 1. The van der Waals surface area contributed by atoms with Crippen LogP contribution < -0.4 is 19.1 Å². The number of hydrogen-bond acceptors (Lipinski definition) is 6. The third-order valence-electron chi connectivity index (χ3n) is 6.40. The number of amides is 2. The van der Waals surface area contributed by atoms with Gasteiger partial charge < -0.3 is 19.7 Å². The maximum atomic E-state index is 14.2. The summed E-state index contributed by atoms with van der Waals surface area (Å²) in [6.07, 6.45) is 1.94. The van der Waals surface area contributed by atoms with Crippen LogP contribution in [0, 0.1) is 0 Å². The predicted octanol–water partition coefficient (Wildman–Crippen LogP) is 4.29. The van der Waals surface area contributed by atoms with Gasteiger partial charge in [-0.1, -0.05) is 61.0 Å². The first-order valence-corrected chi connectivity index (χ1v) is 15.3. The Morgan fingerprint density at radius 1 is 0.951 bits per heavy atom. The van der Waals surface area contributed by atoms with Gasteiger partial charge in [-0.15, -0.1) is 0 Å². The summed E-state index contributed by atoms with van der Waals surface area (Å²) in [6, 6.07) is 20.1. The molecule has 3 aromatic rings. The summed E-state index contributed by atoms with van der Waals surface area (Å²) < 4.78 is 37.7. The van der Waals surface area contributed by atoms with Crippen molar-refractivity contribution in [1.29, 1.82) is 0 Å². The van der Waals surface area contributed by atoms with Crippen LogP contribution in [0.2, 0.25) is 5.02 Å². The summed E-state index contributed by atoms with van der Waals surface area (Å²) >= 11 is 6.20. The molecule has 0 aliphatic heterocycles. The van der Waals surface area contributed by atoms with Crippen LogP contribution in [0.15, 0.2) is 72.8 Å². The molecule has 41 heavy (non-hydrogen) atoms. The molecule has 0 spiro atoms. The molecule has 220 valence electrons. The van der Waals surface area contributed by atoms with E-state index in [9.17, 15) is 18.0 Å². The highest BCUT2D eigenvalue weighted by Gasteiger charge is 2.33. The number of rotatable bonds is 14. The molecule has 0 bridgehead atoms. The molecule has 1 unspecified atom stereocenters. The van der Waals surface area contributed by atoms with Crippen molar-refractivity contribution in [3.05, 3.63) is 88.9 Å². The molecule has 2 amide bonds. The Labute approximate surface area is 247 Å². The van der Waals surface area contributed by atoms with E-state index in [0.29, 0.717) is 24.3 Å². The van der Waals surface area contributed by atoms with Crippen LogP contribution in [-0.2, 0) is 32.6 Å². The molecule has 0 fully saturated rings. The number of methoxy groups -OCH3 is 2. The average molecular weight is 602 g/mol. The fraction of sp³-hybridized carbons (Fsp3) is 0.333. The number of sulfonamides is 1. The first-order chi connectivity index (χ1) is 19.6. The summed E-state index contributed by atoms with van der Waals surface area (Å²) in [5.74, 6) is -0.0918. The lowest BCUT2D eigenvalue weighted by Gasteiger charge is -2.33. The number of carbonyl (C=O) groups is 2. The second-order valence-electron chi connectivity index (χ2n) is 9.46. The fourth-order valence-corrected chi connectivity index (χ4v) is 5.35. The topological polar surface area (TPSA) is 105 Å². The first kappa shape index (κ1) is 31.8. The normalized spacial score (nSPS) is 11.8. The van der Waals surface area contributed by atoms with Gasteiger partial charge in [0.15, 0.2) is 0 Å². The lowest BCUT2D eigenvalue weighted by Crippen LogP contribution is -2.53. The second kappa shape index (κ2) is 14.7. The monoisotopic (exact) mass is 601 g/mol. The van der Waals surface area contributed by atoms with Crippen molar-refractivity contribution in [3.63, 3.8) is 0 Å². The molecule has 0 aromatic heterocycles. The molecular formula is C30H36ClN3O6S. The molecule has 3 rings (SSSR count). The van der Waals surface area contributed by atoms with E-state index in [2.05, 4.69) is 5.32 Å². The molecular weight excluding hydrogens is 566 g/mol. The van der Waals surface area contributed by atoms with Crippen molar-refractivity contribution in [3.8, 4) is 11.5 Å². The average Bonchev–Trinajstić information content (AvgIpc) is 2.96. The molecule has 1 atom stereocenters. The molecule has 0 heterocycles.